The summed E-state index contributed by atoms with van der Waals surface area (Å²) in [4.78, 5) is 10.0. The van der Waals surface area contributed by atoms with E-state index >= 15 is 0 Å². The van der Waals surface area contributed by atoms with Crippen LogP contribution in [0.25, 0.3) is 11.0 Å². The van der Waals surface area contributed by atoms with E-state index in [1.165, 1.54) is 0 Å². The number of benzene rings is 1. The third kappa shape index (κ3) is 2.59. The van der Waals surface area contributed by atoms with Crippen LogP contribution in [0.5, 0.6) is 0 Å². The zero-order chi connectivity index (χ0) is 14.9. The van der Waals surface area contributed by atoms with Gasteiger partial charge < -0.3 is 0 Å². The Morgan fingerprint density at radius 1 is 1.40 bits per heavy atom. The van der Waals surface area contributed by atoms with Gasteiger partial charge in [0.05, 0.1) is 15.6 Å². The molecule has 0 aliphatic carbocycles. The van der Waals surface area contributed by atoms with Crippen molar-refractivity contribution in [2.24, 2.45) is 5.92 Å². The van der Waals surface area contributed by atoms with Gasteiger partial charge in [-0.1, -0.05) is 6.92 Å². The molecule has 1 aromatic heterocycles. The molecule has 0 saturated heterocycles. The van der Waals surface area contributed by atoms with E-state index in [-0.39, 0.29) is 39.2 Å². The molecule has 1 heterocycles. The van der Waals surface area contributed by atoms with E-state index in [9.17, 15) is 18.5 Å². The first kappa shape index (κ1) is 14.7. The Hall–Kier alpha value is -1.74. The Kier molecular flexibility index (Phi) is 3.91. The standard InChI is InChI=1S/C10H10ClN3O5S/c1-6(4-11)5-20(17,18)8-3-2-7(14(15)16)9-10(8)13-19-12-9/h2-3,6H,4-5H2,1H3. The average molecular weight is 320 g/mol. The van der Waals surface area contributed by atoms with Crippen LogP contribution in [0.2, 0.25) is 0 Å². The third-order valence-electron chi connectivity index (χ3n) is 2.66. The second-order valence-corrected chi connectivity index (χ2v) is 6.65. The normalized spacial score (nSPS) is 13.5. The zero-order valence-corrected chi connectivity index (χ0v) is 11.9. The fraction of sp³-hybridized carbons (Fsp3) is 0.400. The molecule has 0 amide bonds. The van der Waals surface area contributed by atoms with Crippen LogP contribution in [0, 0.1) is 16.0 Å². The molecular formula is C10H10ClN3O5S. The van der Waals surface area contributed by atoms with Crippen molar-refractivity contribution in [2.75, 3.05) is 11.6 Å². The van der Waals surface area contributed by atoms with Crippen molar-refractivity contribution in [1.29, 1.82) is 0 Å². The lowest BCUT2D eigenvalue weighted by molar-refractivity contribution is -0.383. The van der Waals surface area contributed by atoms with Crippen LogP contribution in [-0.2, 0) is 9.84 Å². The van der Waals surface area contributed by atoms with Gasteiger partial charge in [0.1, 0.15) is 0 Å². The Labute approximate surface area is 118 Å². The molecule has 0 radical (unpaired) electrons. The molecule has 0 aliphatic heterocycles. The highest BCUT2D eigenvalue weighted by Gasteiger charge is 2.27. The van der Waals surface area contributed by atoms with Gasteiger partial charge >= 0.3 is 5.69 Å². The molecule has 1 unspecified atom stereocenters. The smallest absolute Gasteiger partial charge is 0.258 e. The van der Waals surface area contributed by atoms with Gasteiger partial charge in [0.15, 0.2) is 15.4 Å². The van der Waals surface area contributed by atoms with Gasteiger partial charge in [0.2, 0.25) is 5.52 Å². The molecule has 8 nitrogen and oxygen atoms in total. The zero-order valence-electron chi connectivity index (χ0n) is 10.3. The number of halogens is 1. The Morgan fingerprint density at radius 2 is 2.05 bits per heavy atom. The highest BCUT2D eigenvalue weighted by molar-refractivity contribution is 7.91. The number of rotatable bonds is 5. The number of fused-ring (bicyclic) bond motifs is 1. The van der Waals surface area contributed by atoms with Gasteiger partial charge in [-0.15, -0.1) is 11.6 Å². The molecule has 2 rings (SSSR count). The lowest BCUT2D eigenvalue weighted by Gasteiger charge is -2.08. The first-order valence-corrected chi connectivity index (χ1v) is 7.74. The van der Waals surface area contributed by atoms with E-state index in [4.69, 9.17) is 11.6 Å². The fourth-order valence-electron chi connectivity index (χ4n) is 1.74. The largest absolute Gasteiger partial charge is 0.300 e. The van der Waals surface area contributed by atoms with Gasteiger partial charge in [-0.2, -0.15) is 0 Å². The van der Waals surface area contributed by atoms with Crippen LogP contribution >= 0.6 is 11.6 Å². The maximum atomic E-state index is 12.3. The summed E-state index contributed by atoms with van der Waals surface area (Å²) < 4.78 is 28.9. The van der Waals surface area contributed by atoms with Gasteiger partial charge in [0.25, 0.3) is 0 Å². The summed E-state index contributed by atoms with van der Waals surface area (Å²) in [5, 5.41) is 17.7. The van der Waals surface area contributed by atoms with Crippen molar-refractivity contribution in [2.45, 2.75) is 11.8 Å². The van der Waals surface area contributed by atoms with E-state index in [0.717, 1.165) is 12.1 Å². The number of nitro groups is 1. The average Bonchev–Trinajstić information content (AvgIpc) is 2.85. The molecule has 10 heteroatoms. The molecule has 0 N–H and O–H groups in total. The minimum atomic E-state index is -3.68. The Bertz CT molecular complexity index is 757. The number of alkyl halides is 1. The molecule has 0 saturated carbocycles. The quantitative estimate of drug-likeness (QED) is 0.468. The number of nitrogens with zero attached hydrogens (tertiary/aromatic N) is 3. The van der Waals surface area contributed by atoms with Crippen LogP contribution in [0.4, 0.5) is 5.69 Å². The second-order valence-electron chi connectivity index (χ2n) is 4.34. The van der Waals surface area contributed by atoms with E-state index < -0.39 is 14.8 Å². The van der Waals surface area contributed by atoms with Crippen molar-refractivity contribution < 1.29 is 18.0 Å². The van der Waals surface area contributed by atoms with Crippen LogP contribution in [0.15, 0.2) is 21.7 Å². The number of hydrogen-bond acceptors (Lipinski definition) is 7. The van der Waals surface area contributed by atoms with Gasteiger partial charge in [-0.3, -0.25) is 10.1 Å². The summed E-state index contributed by atoms with van der Waals surface area (Å²) in [6.07, 6.45) is 0. The number of non-ortho nitro benzene ring substituents is 1. The molecule has 20 heavy (non-hydrogen) atoms. The Balaban J connectivity index is 2.60. The maximum Gasteiger partial charge on any atom is 0.300 e. The first-order valence-electron chi connectivity index (χ1n) is 5.55. The van der Waals surface area contributed by atoms with E-state index in [1.807, 2.05) is 0 Å². The molecule has 0 spiro atoms. The summed E-state index contributed by atoms with van der Waals surface area (Å²) in [6, 6.07) is 2.21. The molecule has 0 fully saturated rings. The first-order chi connectivity index (χ1) is 9.36. The van der Waals surface area contributed by atoms with Crippen LogP contribution < -0.4 is 0 Å². The lowest BCUT2D eigenvalue weighted by Crippen LogP contribution is -2.15. The molecule has 2 aromatic rings. The predicted octanol–water partition coefficient (Wildman–Crippen LogP) is 1.78. The predicted molar refractivity (Wildman–Crippen MR) is 70.4 cm³/mol. The summed E-state index contributed by atoms with van der Waals surface area (Å²) in [5.41, 5.74) is -0.679. The second kappa shape index (κ2) is 5.33. The van der Waals surface area contributed by atoms with Gasteiger partial charge in [-0.05, 0) is 22.3 Å². The van der Waals surface area contributed by atoms with Gasteiger partial charge in [0, 0.05) is 11.9 Å². The molecule has 1 aromatic carbocycles. The Morgan fingerprint density at radius 3 is 2.65 bits per heavy atom. The highest BCUT2D eigenvalue weighted by atomic mass is 35.5. The number of sulfone groups is 1. The highest BCUT2D eigenvalue weighted by Crippen LogP contribution is 2.29. The SMILES string of the molecule is CC(CCl)CS(=O)(=O)c1ccc([N+](=O)[O-])c2nonc12. The summed E-state index contributed by atoms with van der Waals surface area (Å²) in [5.74, 6) is -0.255. The summed E-state index contributed by atoms with van der Waals surface area (Å²) in [6.45, 7) is 1.69. The fourth-order valence-corrected chi connectivity index (χ4v) is 3.73. The number of nitro benzene ring substituents is 1. The van der Waals surface area contributed by atoms with Crippen LogP contribution in [-0.4, -0.2) is 35.3 Å². The topological polar surface area (TPSA) is 116 Å². The monoisotopic (exact) mass is 319 g/mol. The lowest BCUT2D eigenvalue weighted by atomic mass is 10.3. The number of aromatic nitrogens is 2. The minimum absolute atomic E-state index is 0.138. The summed E-state index contributed by atoms with van der Waals surface area (Å²) in [7, 11) is -3.68. The number of hydrogen-bond donors (Lipinski definition) is 0. The molecule has 1 atom stereocenters. The molecule has 0 aliphatic rings. The van der Waals surface area contributed by atoms with Crippen molar-refractivity contribution in [1.82, 2.24) is 10.3 Å². The van der Waals surface area contributed by atoms with Crippen molar-refractivity contribution >= 4 is 38.2 Å². The molecular weight excluding hydrogens is 310 g/mol. The van der Waals surface area contributed by atoms with Crippen molar-refractivity contribution in [3.63, 3.8) is 0 Å². The maximum absolute atomic E-state index is 12.3. The van der Waals surface area contributed by atoms with Crippen LogP contribution in [0.1, 0.15) is 6.92 Å². The molecule has 108 valence electrons. The van der Waals surface area contributed by atoms with E-state index in [1.54, 1.807) is 6.92 Å². The molecule has 0 bridgehead atoms. The van der Waals surface area contributed by atoms with E-state index in [2.05, 4.69) is 14.9 Å². The summed E-state index contributed by atoms with van der Waals surface area (Å²) >= 11 is 5.61. The van der Waals surface area contributed by atoms with E-state index in [0.29, 0.717) is 0 Å². The van der Waals surface area contributed by atoms with Crippen molar-refractivity contribution in [3.8, 4) is 0 Å². The third-order valence-corrected chi connectivity index (χ3v) is 5.19. The van der Waals surface area contributed by atoms with Crippen molar-refractivity contribution in [3.05, 3.63) is 22.2 Å². The van der Waals surface area contributed by atoms with Crippen LogP contribution in [0.3, 0.4) is 0 Å². The minimum Gasteiger partial charge on any atom is -0.258 e. The van der Waals surface area contributed by atoms with Gasteiger partial charge in [-0.25, -0.2) is 13.0 Å².